The quantitative estimate of drug-likeness (QED) is 0.757. The molecule has 2 N–H and O–H groups in total. The fraction of sp³-hybridized carbons (Fsp3) is 1.00. The van der Waals surface area contributed by atoms with Gasteiger partial charge in [-0.05, 0) is 83.3 Å². The molecule has 0 aromatic carbocycles. The monoisotopic (exact) mass is 239 g/mol. The van der Waals surface area contributed by atoms with Crippen molar-refractivity contribution in [3.05, 3.63) is 0 Å². The fourth-order valence-corrected chi connectivity index (χ4v) is 3.10. The van der Waals surface area contributed by atoms with Crippen LogP contribution < -0.4 is 10.6 Å². The minimum atomic E-state index is 0.875. The highest BCUT2D eigenvalue weighted by molar-refractivity contribution is 4.75. The van der Waals surface area contributed by atoms with Gasteiger partial charge in [0.05, 0.1) is 0 Å². The van der Waals surface area contributed by atoms with Gasteiger partial charge in [0, 0.05) is 0 Å². The second kappa shape index (κ2) is 7.34. The zero-order chi connectivity index (χ0) is 11.9. The van der Waals surface area contributed by atoms with Gasteiger partial charge in [-0.2, -0.15) is 0 Å². The molecule has 0 amide bonds. The largest absolute Gasteiger partial charge is 0.316 e. The molecule has 0 aromatic rings. The van der Waals surface area contributed by atoms with Crippen molar-refractivity contribution in [3.63, 3.8) is 0 Å². The molecule has 2 fully saturated rings. The third-order valence-electron chi connectivity index (χ3n) is 4.42. The maximum absolute atomic E-state index is 3.70. The van der Waals surface area contributed by atoms with E-state index in [1.54, 1.807) is 0 Å². The smallest absolute Gasteiger partial charge is 0.000826 e. The van der Waals surface area contributed by atoms with Crippen LogP contribution in [0.4, 0.5) is 0 Å². The zero-order valence-corrected chi connectivity index (χ0v) is 11.4. The van der Waals surface area contributed by atoms with Gasteiger partial charge < -0.3 is 15.5 Å². The number of piperidine rings is 2. The van der Waals surface area contributed by atoms with Gasteiger partial charge in [-0.25, -0.2) is 0 Å². The first-order valence-electron chi connectivity index (χ1n) is 7.52. The highest BCUT2D eigenvalue weighted by Gasteiger charge is 2.18. The van der Waals surface area contributed by atoms with Crippen LogP contribution in [-0.4, -0.2) is 50.7 Å². The van der Waals surface area contributed by atoms with Crippen molar-refractivity contribution < 1.29 is 0 Å². The summed E-state index contributed by atoms with van der Waals surface area (Å²) in [5.74, 6) is 1.80. The molecule has 2 saturated heterocycles. The van der Waals surface area contributed by atoms with Crippen LogP contribution in [0.2, 0.25) is 0 Å². The van der Waals surface area contributed by atoms with Gasteiger partial charge in [0.2, 0.25) is 0 Å². The maximum Gasteiger partial charge on any atom is -0.000826 e. The van der Waals surface area contributed by atoms with Crippen LogP contribution in [0, 0.1) is 11.8 Å². The Bertz CT molecular complexity index is 194. The van der Waals surface area contributed by atoms with Gasteiger partial charge in [0.25, 0.3) is 0 Å². The topological polar surface area (TPSA) is 27.3 Å². The van der Waals surface area contributed by atoms with Crippen LogP contribution in [0.15, 0.2) is 0 Å². The van der Waals surface area contributed by atoms with Gasteiger partial charge in [-0.1, -0.05) is 6.92 Å². The Morgan fingerprint density at radius 2 is 1.88 bits per heavy atom. The van der Waals surface area contributed by atoms with Gasteiger partial charge in [-0.15, -0.1) is 0 Å². The molecule has 100 valence electrons. The molecular weight excluding hydrogens is 210 g/mol. The summed E-state index contributed by atoms with van der Waals surface area (Å²) in [5, 5.41) is 7.19. The molecule has 0 saturated carbocycles. The Morgan fingerprint density at radius 3 is 2.53 bits per heavy atom. The van der Waals surface area contributed by atoms with E-state index in [-0.39, 0.29) is 0 Å². The lowest BCUT2D eigenvalue weighted by Crippen LogP contribution is -2.40. The van der Waals surface area contributed by atoms with Crippen molar-refractivity contribution >= 4 is 0 Å². The molecular formula is C14H29N3. The summed E-state index contributed by atoms with van der Waals surface area (Å²) in [4.78, 5) is 2.57. The Labute approximate surface area is 106 Å². The van der Waals surface area contributed by atoms with Crippen LogP contribution in [0.3, 0.4) is 0 Å². The summed E-state index contributed by atoms with van der Waals surface area (Å²) in [5.41, 5.74) is 0. The first-order chi connectivity index (χ1) is 8.38. The van der Waals surface area contributed by atoms with Crippen LogP contribution in [0.5, 0.6) is 0 Å². The van der Waals surface area contributed by atoms with Gasteiger partial charge in [0.1, 0.15) is 0 Å². The van der Waals surface area contributed by atoms with E-state index in [1.165, 1.54) is 71.5 Å². The lowest BCUT2D eigenvalue weighted by Gasteiger charge is -2.31. The Morgan fingerprint density at radius 1 is 1.12 bits per heavy atom. The van der Waals surface area contributed by atoms with Gasteiger partial charge in [-0.3, -0.25) is 0 Å². The number of hydrogen-bond donors (Lipinski definition) is 2. The van der Waals surface area contributed by atoms with Crippen LogP contribution in [-0.2, 0) is 0 Å². The van der Waals surface area contributed by atoms with Crippen LogP contribution >= 0.6 is 0 Å². The summed E-state index contributed by atoms with van der Waals surface area (Å²) < 4.78 is 0. The van der Waals surface area contributed by atoms with Crippen LogP contribution in [0.25, 0.3) is 0 Å². The van der Waals surface area contributed by atoms with E-state index < -0.39 is 0 Å². The van der Waals surface area contributed by atoms with E-state index in [0.29, 0.717) is 0 Å². The SMILES string of the molecule is CCN1CCC(CNCC2CCCNC2)CC1. The minimum Gasteiger partial charge on any atom is -0.316 e. The number of nitrogens with one attached hydrogen (secondary N) is 2. The minimum absolute atomic E-state index is 0.875. The lowest BCUT2D eigenvalue weighted by molar-refractivity contribution is 0.188. The summed E-state index contributed by atoms with van der Waals surface area (Å²) in [6.07, 6.45) is 5.56. The normalized spacial score (nSPS) is 28.4. The molecule has 0 bridgehead atoms. The Balaban J connectivity index is 1.53. The molecule has 2 aliphatic rings. The summed E-state index contributed by atoms with van der Waals surface area (Å²) in [6.45, 7) is 11.0. The first kappa shape index (κ1) is 13.3. The summed E-state index contributed by atoms with van der Waals surface area (Å²) in [6, 6.07) is 0. The average molecular weight is 239 g/mol. The van der Waals surface area contributed by atoms with Crippen molar-refractivity contribution in [1.29, 1.82) is 0 Å². The number of rotatable bonds is 5. The molecule has 3 heteroatoms. The lowest BCUT2D eigenvalue weighted by atomic mass is 9.95. The number of nitrogens with zero attached hydrogens (tertiary/aromatic N) is 1. The highest BCUT2D eigenvalue weighted by atomic mass is 15.1. The maximum atomic E-state index is 3.70. The molecule has 1 unspecified atom stereocenters. The van der Waals surface area contributed by atoms with E-state index in [1.807, 2.05) is 0 Å². The predicted octanol–water partition coefficient (Wildman–Crippen LogP) is 1.31. The van der Waals surface area contributed by atoms with Crippen LogP contribution in [0.1, 0.15) is 32.6 Å². The van der Waals surface area contributed by atoms with Crippen molar-refractivity contribution in [3.8, 4) is 0 Å². The third kappa shape index (κ3) is 4.57. The molecule has 2 aliphatic heterocycles. The molecule has 17 heavy (non-hydrogen) atoms. The average Bonchev–Trinajstić information content (AvgIpc) is 2.41. The third-order valence-corrected chi connectivity index (χ3v) is 4.42. The summed E-state index contributed by atoms with van der Waals surface area (Å²) >= 11 is 0. The predicted molar refractivity (Wildman–Crippen MR) is 73.3 cm³/mol. The summed E-state index contributed by atoms with van der Waals surface area (Å²) in [7, 11) is 0. The van der Waals surface area contributed by atoms with Crippen molar-refractivity contribution in [1.82, 2.24) is 15.5 Å². The molecule has 1 atom stereocenters. The Hall–Kier alpha value is -0.120. The fourth-order valence-electron chi connectivity index (χ4n) is 3.10. The Kier molecular flexibility index (Phi) is 5.75. The van der Waals surface area contributed by atoms with E-state index in [9.17, 15) is 0 Å². The van der Waals surface area contributed by atoms with E-state index in [0.717, 1.165) is 11.8 Å². The number of likely N-dealkylation sites (tertiary alicyclic amines) is 1. The molecule has 2 rings (SSSR count). The van der Waals surface area contributed by atoms with Crippen molar-refractivity contribution in [2.45, 2.75) is 32.6 Å². The van der Waals surface area contributed by atoms with Gasteiger partial charge >= 0.3 is 0 Å². The molecule has 3 nitrogen and oxygen atoms in total. The molecule has 0 spiro atoms. The van der Waals surface area contributed by atoms with Crippen molar-refractivity contribution in [2.75, 3.05) is 45.8 Å². The second-order valence-electron chi connectivity index (χ2n) is 5.75. The van der Waals surface area contributed by atoms with Crippen molar-refractivity contribution in [2.24, 2.45) is 11.8 Å². The first-order valence-corrected chi connectivity index (χ1v) is 7.52. The standard InChI is InChI=1S/C14H29N3/c1-2-17-8-5-13(6-9-17)10-16-12-14-4-3-7-15-11-14/h13-16H,2-12H2,1H3. The molecule has 0 aromatic heterocycles. The van der Waals surface area contributed by atoms with E-state index in [4.69, 9.17) is 0 Å². The molecule has 2 heterocycles. The van der Waals surface area contributed by atoms with E-state index >= 15 is 0 Å². The zero-order valence-electron chi connectivity index (χ0n) is 11.4. The number of hydrogen-bond acceptors (Lipinski definition) is 3. The second-order valence-corrected chi connectivity index (χ2v) is 5.75. The molecule has 0 radical (unpaired) electrons. The van der Waals surface area contributed by atoms with Gasteiger partial charge in [0.15, 0.2) is 0 Å². The highest BCUT2D eigenvalue weighted by Crippen LogP contribution is 2.16. The molecule has 0 aliphatic carbocycles. The van der Waals surface area contributed by atoms with E-state index in [2.05, 4.69) is 22.5 Å².